The van der Waals surface area contributed by atoms with Gasteiger partial charge in [0.15, 0.2) is 0 Å². The van der Waals surface area contributed by atoms with Crippen LogP contribution in [0, 0.1) is 0 Å². The molecule has 10 nitrogen and oxygen atoms in total. The number of fused-ring (bicyclic) bond motifs is 3. The molecule has 2 aromatic rings. The van der Waals surface area contributed by atoms with E-state index < -0.39 is 58.4 Å². The summed E-state index contributed by atoms with van der Waals surface area (Å²) in [6.45, 7) is 4.85. The van der Waals surface area contributed by atoms with E-state index in [9.17, 15) is 19.2 Å². The largest absolute Gasteiger partial charge is 0.460 e. The van der Waals surface area contributed by atoms with Crippen molar-refractivity contribution in [2.24, 2.45) is 0 Å². The number of carbonyl (C=O) groups is 4. The molecule has 1 saturated heterocycles. The lowest BCUT2D eigenvalue weighted by Crippen LogP contribution is -2.60. The fourth-order valence-corrected chi connectivity index (χ4v) is 5.25. The van der Waals surface area contributed by atoms with Crippen LogP contribution in [0.3, 0.4) is 0 Å². The summed E-state index contributed by atoms with van der Waals surface area (Å²) in [7, 11) is 0. The molecule has 0 aromatic heterocycles. The molecule has 13 heteroatoms. The molecule has 1 aliphatic heterocycles. The molecule has 2 N–H and O–H groups in total. The molecule has 43 heavy (non-hydrogen) atoms. The Labute approximate surface area is 265 Å². The monoisotopic (exact) mass is 653 g/mol. The lowest BCUT2D eigenvalue weighted by atomic mass is 9.98. The zero-order valence-corrected chi connectivity index (χ0v) is 26.3. The van der Waals surface area contributed by atoms with Crippen molar-refractivity contribution in [2.75, 3.05) is 19.8 Å². The van der Waals surface area contributed by atoms with E-state index in [-0.39, 0.29) is 19.1 Å². The second-order valence-electron chi connectivity index (χ2n) is 11.3. The van der Waals surface area contributed by atoms with Gasteiger partial charge in [0.05, 0.1) is 6.42 Å². The number of halogens is 3. The van der Waals surface area contributed by atoms with Crippen LogP contribution in [0.4, 0.5) is 4.79 Å². The fourth-order valence-electron chi connectivity index (χ4n) is 5.09. The predicted molar refractivity (Wildman–Crippen MR) is 162 cm³/mol. The van der Waals surface area contributed by atoms with Crippen LogP contribution in [0.2, 0.25) is 0 Å². The number of esters is 2. The molecule has 1 aliphatic carbocycles. The lowest BCUT2D eigenvalue weighted by Gasteiger charge is -2.35. The number of hydrogen-bond acceptors (Lipinski definition) is 8. The molecule has 4 rings (SSSR count). The minimum absolute atomic E-state index is 0.0201. The quantitative estimate of drug-likeness (QED) is 0.231. The maximum atomic E-state index is 13.6. The van der Waals surface area contributed by atoms with Crippen LogP contribution in [0.25, 0.3) is 11.1 Å². The van der Waals surface area contributed by atoms with Crippen molar-refractivity contribution in [3.05, 3.63) is 59.7 Å². The van der Waals surface area contributed by atoms with Crippen molar-refractivity contribution < 1.29 is 33.4 Å². The van der Waals surface area contributed by atoms with E-state index in [1.54, 1.807) is 20.8 Å². The summed E-state index contributed by atoms with van der Waals surface area (Å²) in [5.74, 6) is -2.25. The van der Waals surface area contributed by atoms with Gasteiger partial charge in [0.1, 0.15) is 30.9 Å². The van der Waals surface area contributed by atoms with Crippen LogP contribution in [0.15, 0.2) is 48.5 Å². The molecule has 2 atom stereocenters. The molecule has 232 valence electrons. The molecule has 2 aromatic carbocycles. The Bertz CT molecular complexity index is 1310. The Balaban J connectivity index is 1.44. The third-order valence-corrected chi connectivity index (χ3v) is 7.17. The van der Waals surface area contributed by atoms with Gasteiger partial charge in [-0.25, -0.2) is 10.2 Å². The number of carbonyl (C=O) groups excluding carboxylic acids is 4. The number of nitrogens with one attached hydrogen (secondary N) is 2. The third kappa shape index (κ3) is 8.98. The number of ether oxygens (including phenoxy) is 3. The minimum Gasteiger partial charge on any atom is -0.460 e. The van der Waals surface area contributed by atoms with Crippen LogP contribution in [-0.2, 0) is 28.6 Å². The van der Waals surface area contributed by atoms with E-state index in [1.807, 2.05) is 48.5 Å². The number of alkyl carbamates (subject to hydrolysis) is 1. The molecular formula is C30H34Cl3N3O7. The number of hydrogen-bond donors (Lipinski definition) is 2. The van der Waals surface area contributed by atoms with E-state index in [1.165, 1.54) is 5.01 Å². The Hall–Kier alpha value is -3.05. The summed E-state index contributed by atoms with van der Waals surface area (Å²) >= 11 is 17.0. The highest BCUT2D eigenvalue weighted by Crippen LogP contribution is 2.44. The molecule has 0 spiro atoms. The molecule has 2 aliphatic rings. The Kier molecular flexibility index (Phi) is 10.5. The zero-order chi connectivity index (χ0) is 31.4. The van der Waals surface area contributed by atoms with Gasteiger partial charge in [-0.05, 0) is 55.9 Å². The van der Waals surface area contributed by atoms with Gasteiger partial charge in [-0.15, -0.1) is 0 Å². The topological polar surface area (TPSA) is 123 Å². The molecule has 1 heterocycles. The average Bonchev–Trinajstić information content (AvgIpc) is 3.26. The molecule has 0 bridgehead atoms. The van der Waals surface area contributed by atoms with E-state index in [4.69, 9.17) is 49.0 Å². The van der Waals surface area contributed by atoms with Gasteiger partial charge in [-0.3, -0.25) is 19.4 Å². The summed E-state index contributed by atoms with van der Waals surface area (Å²) < 4.78 is 14.3. The van der Waals surface area contributed by atoms with Crippen molar-refractivity contribution in [1.29, 1.82) is 0 Å². The van der Waals surface area contributed by atoms with Crippen LogP contribution < -0.4 is 10.7 Å². The van der Waals surface area contributed by atoms with Crippen LogP contribution in [0.5, 0.6) is 0 Å². The van der Waals surface area contributed by atoms with Gasteiger partial charge in [0.25, 0.3) is 5.91 Å². The van der Waals surface area contributed by atoms with Gasteiger partial charge >= 0.3 is 18.0 Å². The number of amides is 2. The normalized spacial score (nSPS) is 17.3. The van der Waals surface area contributed by atoms with E-state index in [0.29, 0.717) is 12.8 Å². The summed E-state index contributed by atoms with van der Waals surface area (Å²) in [4.78, 5) is 51.9. The SMILES string of the molecule is CC(C)(C)OC(=O)CC(NC(=O)OCC1c2ccccc2-c2ccccc21)C(=O)N1CCC[C@@H](C(=O)OCC(Cl)(Cl)Cl)N1. The molecule has 0 saturated carbocycles. The molecule has 1 fully saturated rings. The van der Waals surface area contributed by atoms with E-state index >= 15 is 0 Å². The molecular weight excluding hydrogens is 621 g/mol. The molecule has 1 unspecified atom stereocenters. The Morgan fingerprint density at radius 2 is 1.58 bits per heavy atom. The zero-order valence-electron chi connectivity index (χ0n) is 24.0. The predicted octanol–water partition coefficient (Wildman–Crippen LogP) is 5.03. The van der Waals surface area contributed by atoms with Crippen molar-refractivity contribution in [1.82, 2.24) is 15.8 Å². The minimum atomic E-state index is -1.79. The van der Waals surface area contributed by atoms with Gasteiger partial charge in [-0.1, -0.05) is 83.3 Å². The summed E-state index contributed by atoms with van der Waals surface area (Å²) in [5.41, 5.74) is 6.19. The Morgan fingerprint density at radius 3 is 2.16 bits per heavy atom. The molecule has 2 amide bonds. The first-order valence-electron chi connectivity index (χ1n) is 13.9. The van der Waals surface area contributed by atoms with E-state index in [2.05, 4.69) is 10.7 Å². The summed E-state index contributed by atoms with van der Waals surface area (Å²) in [5, 5.41) is 3.70. The maximum absolute atomic E-state index is 13.6. The van der Waals surface area contributed by atoms with Gasteiger partial charge in [-0.2, -0.15) is 0 Å². The first-order chi connectivity index (χ1) is 20.2. The van der Waals surface area contributed by atoms with Crippen molar-refractivity contribution in [3.63, 3.8) is 0 Å². The third-order valence-electron chi connectivity index (χ3n) is 6.84. The number of hydrazine groups is 1. The fraction of sp³-hybridized carbons (Fsp3) is 0.467. The first-order valence-corrected chi connectivity index (χ1v) is 15.0. The number of alkyl halides is 3. The Morgan fingerprint density at radius 1 is 0.977 bits per heavy atom. The lowest BCUT2D eigenvalue weighted by molar-refractivity contribution is -0.159. The van der Waals surface area contributed by atoms with Crippen LogP contribution >= 0.6 is 34.8 Å². The van der Waals surface area contributed by atoms with Crippen LogP contribution in [0.1, 0.15) is 57.1 Å². The van der Waals surface area contributed by atoms with Crippen LogP contribution in [-0.4, -0.2) is 70.2 Å². The maximum Gasteiger partial charge on any atom is 0.407 e. The van der Waals surface area contributed by atoms with Gasteiger partial charge in [0.2, 0.25) is 3.79 Å². The van der Waals surface area contributed by atoms with Crippen molar-refractivity contribution in [2.45, 2.75) is 67.4 Å². The van der Waals surface area contributed by atoms with Gasteiger partial charge in [0, 0.05) is 12.5 Å². The second kappa shape index (κ2) is 13.7. The second-order valence-corrected chi connectivity index (χ2v) is 13.9. The van der Waals surface area contributed by atoms with Gasteiger partial charge < -0.3 is 19.5 Å². The highest BCUT2D eigenvalue weighted by molar-refractivity contribution is 6.67. The van der Waals surface area contributed by atoms with Crippen molar-refractivity contribution in [3.8, 4) is 11.1 Å². The van der Waals surface area contributed by atoms with Crippen molar-refractivity contribution >= 4 is 58.7 Å². The number of benzene rings is 2. The number of nitrogens with zero attached hydrogens (tertiary/aromatic N) is 1. The molecule has 0 radical (unpaired) electrons. The highest BCUT2D eigenvalue weighted by atomic mass is 35.6. The van der Waals surface area contributed by atoms with E-state index in [0.717, 1.165) is 22.3 Å². The number of rotatable bonds is 8. The highest BCUT2D eigenvalue weighted by Gasteiger charge is 2.36. The first kappa shape index (κ1) is 32.9. The summed E-state index contributed by atoms with van der Waals surface area (Å²) in [6, 6.07) is 13.6. The average molecular weight is 655 g/mol. The smallest absolute Gasteiger partial charge is 0.407 e. The standard InChI is InChI=1S/C30H34Cl3N3O7/c1-29(2,3)43-25(37)15-24(26(38)36-14-8-13-23(35-36)27(39)42-17-30(31,32)33)34-28(40)41-16-22-20-11-6-4-9-18(20)19-10-5-7-12-21(19)22/h4-7,9-12,22-24,35H,8,13-17H2,1-3H3,(H,34,40)/t23-,24?/m0/s1. The summed E-state index contributed by atoms with van der Waals surface area (Å²) in [6.07, 6.45) is -0.532.